The summed E-state index contributed by atoms with van der Waals surface area (Å²) < 4.78 is 45.4. The van der Waals surface area contributed by atoms with E-state index in [-0.39, 0.29) is 23.2 Å². The molecule has 0 saturated heterocycles. The zero-order chi connectivity index (χ0) is 18.7. The van der Waals surface area contributed by atoms with Crippen molar-refractivity contribution in [3.8, 4) is 0 Å². The lowest BCUT2D eigenvalue weighted by Gasteiger charge is -2.18. The van der Waals surface area contributed by atoms with Crippen molar-refractivity contribution in [3.63, 3.8) is 0 Å². The summed E-state index contributed by atoms with van der Waals surface area (Å²) in [5.74, 6) is -1.02. The van der Waals surface area contributed by atoms with E-state index in [9.17, 15) is 17.6 Å². The van der Waals surface area contributed by atoms with Crippen LogP contribution in [-0.2, 0) is 16.4 Å². The van der Waals surface area contributed by atoms with E-state index < -0.39 is 21.5 Å². The summed E-state index contributed by atoms with van der Waals surface area (Å²) in [7, 11) is -3.85. The summed E-state index contributed by atoms with van der Waals surface area (Å²) in [6, 6.07) is 8.80. The Labute approximate surface area is 146 Å². The van der Waals surface area contributed by atoms with Crippen molar-refractivity contribution in [1.82, 2.24) is 10.0 Å². The summed E-state index contributed by atoms with van der Waals surface area (Å²) in [5, 5.41) is 2.24. The van der Waals surface area contributed by atoms with Crippen LogP contribution >= 0.6 is 0 Å². The van der Waals surface area contributed by atoms with Crippen LogP contribution in [0.5, 0.6) is 0 Å². The molecule has 0 saturated carbocycles. The molecule has 0 spiro atoms. The summed E-state index contributed by atoms with van der Waals surface area (Å²) in [4.78, 5) is 12.0. The van der Waals surface area contributed by atoms with Gasteiger partial charge < -0.3 is 9.73 Å². The maximum atomic E-state index is 13.5. The molecule has 1 aromatic carbocycles. The highest BCUT2D eigenvalue weighted by molar-refractivity contribution is 7.89. The number of sulfonamides is 1. The quantitative estimate of drug-likeness (QED) is 0.820. The van der Waals surface area contributed by atoms with Crippen LogP contribution in [0.15, 0.2) is 45.9 Å². The lowest BCUT2D eigenvalue weighted by molar-refractivity contribution is 0.0921. The Morgan fingerprint density at radius 3 is 2.48 bits per heavy atom. The highest BCUT2D eigenvalue weighted by Crippen LogP contribution is 2.16. The van der Waals surface area contributed by atoms with Crippen LogP contribution in [0.1, 0.15) is 36.9 Å². The zero-order valence-electron chi connectivity index (χ0n) is 14.3. The highest BCUT2D eigenvalue weighted by atomic mass is 32.2. The largest absolute Gasteiger partial charge is 0.438 e. The van der Waals surface area contributed by atoms with E-state index in [4.69, 9.17) is 4.42 Å². The highest BCUT2D eigenvalue weighted by Gasteiger charge is 2.26. The summed E-state index contributed by atoms with van der Waals surface area (Å²) in [6.07, 6.45) is 0.315. The van der Waals surface area contributed by atoms with Gasteiger partial charge in [0.05, 0.1) is 0 Å². The molecule has 2 aromatic rings. The Morgan fingerprint density at radius 2 is 1.84 bits per heavy atom. The molecule has 2 N–H and O–H groups in total. The van der Waals surface area contributed by atoms with E-state index in [2.05, 4.69) is 10.0 Å². The molecule has 0 unspecified atom stereocenters. The standard InChI is InChI=1S/C17H21FN2O4S/c1-17(2,3)20-25(22,23)15-9-8-14(24-15)16(21)19-11-10-12-6-4-5-7-13(12)18/h4-9,20H,10-11H2,1-3H3,(H,19,21). The fourth-order valence-corrected chi connectivity index (χ4v) is 3.49. The molecule has 25 heavy (non-hydrogen) atoms. The third-order valence-electron chi connectivity index (χ3n) is 3.15. The van der Waals surface area contributed by atoms with Crippen molar-refractivity contribution in [2.45, 2.75) is 37.8 Å². The molecule has 1 aromatic heterocycles. The normalized spacial score (nSPS) is 12.2. The van der Waals surface area contributed by atoms with Gasteiger partial charge in [-0.2, -0.15) is 0 Å². The van der Waals surface area contributed by atoms with Crippen molar-refractivity contribution in [2.75, 3.05) is 6.54 Å². The van der Waals surface area contributed by atoms with Crippen LogP contribution in [-0.4, -0.2) is 26.4 Å². The van der Waals surface area contributed by atoms with Crippen LogP contribution in [0.3, 0.4) is 0 Å². The second-order valence-electron chi connectivity index (χ2n) is 6.57. The number of hydrogen-bond acceptors (Lipinski definition) is 4. The fraction of sp³-hybridized carbons (Fsp3) is 0.353. The molecule has 0 atom stereocenters. The van der Waals surface area contributed by atoms with Crippen molar-refractivity contribution >= 4 is 15.9 Å². The maximum absolute atomic E-state index is 13.5. The van der Waals surface area contributed by atoms with Crippen molar-refractivity contribution < 1.29 is 22.0 Å². The molecule has 8 heteroatoms. The molecule has 0 fully saturated rings. The molecule has 0 aliphatic carbocycles. The molecule has 0 radical (unpaired) electrons. The average Bonchev–Trinajstić information content (AvgIpc) is 2.97. The number of hydrogen-bond donors (Lipinski definition) is 2. The number of rotatable bonds is 6. The molecule has 0 aliphatic heterocycles. The predicted molar refractivity (Wildman–Crippen MR) is 91.2 cm³/mol. The van der Waals surface area contributed by atoms with Gasteiger partial charge in [0.2, 0.25) is 5.09 Å². The molecule has 0 aliphatic rings. The van der Waals surface area contributed by atoms with Gasteiger partial charge in [-0.1, -0.05) is 18.2 Å². The first-order valence-corrected chi connectivity index (χ1v) is 9.22. The van der Waals surface area contributed by atoms with E-state index >= 15 is 0 Å². The lowest BCUT2D eigenvalue weighted by atomic mass is 10.1. The summed E-state index contributed by atoms with van der Waals surface area (Å²) in [6.45, 7) is 5.29. The SMILES string of the molecule is CC(C)(C)NS(=O)(=O)c1ccc(C(=O)NCCc2ccccc2F)o1. The van der Waals surface area contributed by atoms with Gasteiger partial charge in [-0.25, -0.2) is 17.5 Å². The topological polar surface area (TPSA) is 88.4 Å². The average molecular weight is 368 g/mol. The molecular formula is C17H21FN2O4S. The number of halogens is 1. The Balaban J connectivity index is 1.97. The minimum Gasteiger partial charge on any atom is -0.438 e. The Bertz CT molecular complexity index is 854. The maximum Gasteiger partial charge on any atom is 0.287 e. The van der Waals surface area contributed by atoms with Crippen LogP contribution in [0.2, 0.25) is 0 Å². The van der Waals surface area contributed by atoms with Gasteiger partial charge in [-0.15, -0.1) is 0 Å². The van der Waals surface area contributed by atoms with Gasteiger partial charge in [-0.3, -0.25) is 4.79 Å². The van der Waals surface area contributed by atoms with Crippen LogP contribution in [0.25, 0.3) is 0 Å². The molecule has 1 amide bonds. The smallest absolute Gasteiger partial charge is 0.287 e. The number of nitrogens with one attached hydrogen (secondary N) is 2. The number of carbonyl (C=O) groups excluding carboxylic acids is 1. The Hall–Kier alpha value is -2.19. The monoisotopic (exact) mass is 368 g/mol. The number of benzene rings is 1. The van der Waals surface area contributed by atoms with Crippen molar-refractivity contribution in [1.29, 1.82) is 0 Å². The molecule has 136 valence electrons. The molecule has 6 nitrogen and oxygen atoms in total. The first-order valence-electron chi connectivity index (χ1n) is 7.74. The van der Waals surface area contributed by atoms with E-state index in [1.165, 1.54) is 18.2 Å². The third kappa shape index (κ3) is 5.40. The second kappa shape index (κ2) is 7.37. The second-order valence-corrected chi connectivity index (χ2v) is 8.18. The minimum absolute atomic E-state index is 0.122. The summed E-state index contributed by atoms with van der Waals surface area (Å²) in [5.41, 5.74) is -0.187. The number of carbonyl (C=O) groups is 1. The first-order chi connectivity index (χ1) is 11.6. The number of amides is 1. The Kier molecular flexibility index (Phi) is 5.64. The van der Waals surface area contributed by atoms with Gasteiger partial charge in [0.1, 0.15) is 5.82 Å². The fourth-order valence-electron chi connectivity index (χ4n) is 2.14. The van der Waals surface area contributed by atoms with E-state index in [0.29, 0.717) is 12.0 Å². The molecular weight excluding hydrogens is 347 g/mol. The Morgan fingerprint density at radius 1 is 1.16 bits per heavy atom. The minimum atomic E-state index is -3.85. The van der Waals surface area contributed by atoms with Crippen LogP contribution in [0, 0.1) is 5.82 Å². The van der Waals surface area contributed by atoms with Gasteiger partial charge in [-0.05, 0) is 51.0 Å². The molecule has 1 heterocycles. The first kappa shape index (κ1) is 19.1. The van der Waals surface area contributed by atoms with Crippen molar-refractivity contribution in [3.05, 3.63) is 53.5 Å². The lowest BCUT2D eigenvalue weighted by Crippen LogP contribution is -2.40. The van der Waals surface area contributed by atoms with Gasteiger partial charge in [0.15, 0.2) is 5.76 Å². The number of furan rings is 1. The molecule has 2 rings (SSSR count). The third-order valence-corrected chi connectivity index (χ3v) is 4.78. The van der Waals surface area contributed by atoms with Crippen LogP contribution < -0.4 is 10.0 Å². The van der Waals surface area contributed by atoms with Gasteiger partial charge >= 0.3 is 0 Å². The van der Waals surface area contributed by atoms with E-state index in [1.807, 2.05) is 0 Å². The van der Waals surface area contributed by atoms with Crippen LogP contribution in [0.4, 0.5) is 4.39 Å². The zero-order valence-corrected chi connectivity index (χ0v) is 15.1. The van der Waals surface area contributed by atoms with Crippen molar-refractivity contribution in [2.24, 2.45) is 0 Å². The predicted octanol–water partition coefficient (Wildman–Crippen LogP) is 2.47. The van der Waals surface area contributed by atoms with E-state index in [1.54, 1.807) is 39.0 Å². The molecule has 0 bridgehead atoms. The van der Waals surface area contributed by atoms with Gasteiger partial charge in [0.25, 0.3) is 15.9 Å². The van der Waals surface area contributed by atoms with E-state index in [0.717, 1.165) is 0 Å². The summed E-state index contributed by atoms with van der Waals surface area (Å²) >= 11 is 0. The van der Waals surface area contributed by atoms with Gasteiger partial charge in [0, 0.05) is 12.1 Å².